The molecule has 0 spiro atoms. The van der Waals surface area contributed by atoms with E-state index >= 15 is 0 Å². The zero-order valence-electron chi connectivity index (χ0n) is 15.3. The summed E-state index contributed by atoms with van der Waals surface area (Å²) >= 11 is 0. The highest BCUT2D eigenvalue weighted by Gasteiger charge is 2.30. The Bertz CT molecular complexity index is 775. The van der Waals surface area contributed by atoms with Crippen molar-refractivity contribution in [2.24, 2.45) is 0 Å². The molecule has 2 aromatic rings. The van der Waals surface area contributed by atoms with Crippen LogP contribution in [0.25, 0.3) is 0 Å². The number of benzene rings is 1. The summed E-state index contributed by atoms with van der Waals surface area (Å²) in [6.07, 6.45) is 5.01. The summed E-state index contributed by atoms with van der Waals surface area (Å²) in [6.45, 7) is 5.56. The van der Waals surface area contributed by atoms with E-state index in [9.17, 15) is 9.59 Å². The summed E-state index contributed by atoms with van der Waals surface area (Å²) in [7, 11) is 0. The van der Waals surface area contributed by atoms with Gasteiger partial charge >= 0.3 is 5.97 Å². The maximum Gasteiger partial charge on any atom is 0.338 e. The summed E-state index contributed by atoms with van der Waals surface area (Å²) in [6, 6.07) is 10.3. The molecule has 1 N–H and O–H groups in total. The van der Waals surface area contributed by atoms with Crippen molar-refractivity contribution in [1.82, 2.24) is 14.7 Å². The van der Waals surface area contributed by atoms with Crippen molar-refractivity contribution in [3.63, 3.8) is 0 Å². The molecule has 1 fully saturated rings. The van der Waals surface area contributed by atoms with Gasteiger partial charge in [-0.25, -0.2) is 4.79 Å². The van der Waals surface area contributed by atoms with Crippen LogP contribution in [0.1, 0.15) is 55.1 Å². The van der Waals surface area contributed by atoms with Crippen LogP contribution in [0.15, 0.2) is 42.7 Å². The minimum atomic E-state index is -0.966. The Balaban J connectivity index is 1.57. The normalized spacial score (nSPS) is 15.8. The van der Waals surface area contributed by atoms with Crippen molar-refractivity contribution in [3.8, 4) is 0 Å². The Morgan fingerprint density at radius 2 is 1.85 bits per heavy atom. The summed E-state index contributed by atoms with van der Waals surface area (Å²) in [5.41, 5.74) is 1.17. The molecule has 0 atom stereocenters. The number of carbonyl (C=O) groups excluding carboxylic acids is 1. The minimum Gasteiger partial charge on any atom is -0.478 e. The molecule has 1 aromatic heterocycles. The number of aromatic carboxylic acids is 1. The summed E-state index contributed by atoms with van der Waals surface area (Å²) in [5, 5.41) is 13.2. The third kappa shape index (κ3) is 3.95. The number of carboxylic acids is 1. The average Bonchev–Trinajstić information content (AvgIpc) is 3.13. The molecule has 0 aliphatic carbocycles. The standard InChI is InChI=1S/C20H25N3O3/c1-20(2,16-6-4-3-5-7-16)12-18(24)22-10-8-17(9-11-22)23-14-15(13-21-23)19(25)26/h3-7,13-14,17H,8-12H2,1-2H3,(H,25,26). The topological polar surface area (TPSA) is 75.4 Å². The Labute approximate surface area is 153 Å². The lowest BCUT2D eigenvalue weighted by Crippen LogP contribution is -2.41. The molecule has 6 nitrogen and oxygen atoms in total. The molecule has 138 valence electrons. The van der Waals surface area contributed by atoms with Gasteiger partial charge in [-0.2, -0.15) is 5.10 Å². The van der Waals surface area contributed by atoms with E-state index in [1.165, 1.54) is 11.8 Å². The largest absolute Gasteiger partial charge is 0.478 e. The number of carboxylic acid groups (broad SMARTS) is 1. The number of hydrogen-bond acceptors (Lipinski definition) is 3. The highest BCUT2D eigenvalue weighted by atomic mass is 16.4. The number of amides is 1. The first-order valence-corrected chi connectivity index (χ1v) is 8.97. The van der Waals surface area contributed by atoms with Crippen LogP contribution in [-0.2, 0) is 10.2 Å². The van der Waals surface area contributed by atoms with E-state index in [1.807, 2.05) is 23.1 Å². The van der Waals surface area contributed by atoms with Gasteiger partial charge in [-0.15, -0.1) is 0 Å². The van der Waals surface area contributed by atoms with Crippen molar-refractivity contribution in [2.45, 2.75) is 44.6 Å². The summed E-state index contributed by atoms with van der Waals surface area (Å²) in [4.78, 5) is 25.7. The van der Waals surface area contributed by atoms with Crippen LogP contribution >= 0.6 is 0 Å². The van der Waals surface area contributed by atoms with Gasteiger partial charge in [-0.1, -0.05) is 44.2 Å². The first-order valence-electron chi connectivity index (χ1n) is 8.97. The molecule has 1 aromatic carbocycles. The number of rotatable bonds is 5. The van der Waals surface area contributed by atoms with Gasteiger partial charge < -0.3 is 10.0 Å². The highest BCUT2D eigenvalue weighted by molar-refractivity contribution is 5.86. The average molecular weight is 355 g/mol. The SMILES string of the molecule is CC(C)(CC(=O)N1CCC(n2cc(C(=O)O)cn2)CC1)c1ccccc1. The van der Waals surface area contributed by atoms with Crippen LogP contribution in [-0.4, -0.2) is 44.8 Å². The second-order valence-electron chi connectivity index (χ2n) is 7.55. The number of piperidine rings is 1. The maximum absolute atomic E-state index is 12.7. The molecule has 0 saturated carbocycles. The lowest BCUT2D eigenvalue weighted by Gasteiger charge is -2.34. The van der Waals surface area contributed by atoms with Gasteiger partial charge in [0.05, 0.1) is 17.8 Å². The van der Waals surface area contributed by atoms with Crippen molar-refractivity contribution in [2.75, 3.05) is 13.1 Å². The van der Waals surface area contributed by atoms with Gasteiger partial charge in [0.15, 0.2) is 0 Å². The molecule has 6 heteroatoms. The molecule has 2 heterocycles. The predicted octanol–water partition coefficient (Wildman–Crippen LogP) is 3.11. The van der Waals surface area contributed by atoms with E-state index in [0.29, 0.717) is 19.5 Å². The Morgan fingerprint density at radius 3 is 2.42 bits per heavy atom. The molecular formula is C20H25N3O3. The fourth-order valence-electron chi connectivity index (χ4n) is 3.51. The smallest absolute Gasteiger partial charge is 0.338 e. The zero-order valence-corrected chi connectivity index (χ0v) is 15.3. The predicted molar refractivity (Wildman–Crippen MR) is 98.1 cm³/mol. The second kappa shape index (κ2) is 7.32. The molecule has 0 unspecified atom stereocenters. The van der Waals surface area contributed by atoms with Crippen molar-refractivity contribution in [1.29, 1.82) is 0 Å². The summed E-state index contributed by atoms with van der Waals surface area (Å²) < 4.78 is 1.72. The molecule has 26 heavy (non-hydrogen) atoms. The van der Waals surface area contributed by atoms with Gasteiger partial charge in [0, 0.05) is 25.7 Å². The van der Waals surface area contributed by atoms with E-state index in [4.69, 9.17) is 5.11 Å². The third-order valence-electron chi connectivity index (χ3n) is 5.19. The molecule has 0 bridgehead atoms. The lowest BCUT2D eigenvalue weighted by molar-refractivity contribution is -0.133. The van der Waals surface area contributed by atoms with Gasteiger partial charge in [-0.3, -0.25) is 9.48 Å². The van der Waals surface area contributed by atoms with E-state index in [2.05, 4.69) is 31.1 Å². The molecule has 1 saturated heterocycles. The van der Waals surface area contributed by atoms with Crippen molar-refractivity contribution < 1.29 is 14.7 Å². The van der Waals surface area contributed by atoms with Gasteiger partial charge in [0.25, 0.3) is 0 Å². The van der Waals surface area contributed by atoms with E-state index in [-0.39, 0.29) is 22.9 Å². The Hall–Kier alpha value is -2.63. The Kier molecular flexibility index (Phi) is 5.11. The third-order valence-corrected chi connectivity index (χ3v) is 5.19. The van der Waals surface area contributed by atoms with Crippen LogP contribution in [0.4, 0.5) is 0 Å². The van der Waals surface area contributed by atoms with Crippen LogP contribution in [0, 0.1) is 0 Å². The highest BCUT2D eigenvalue weighted by Crippen LogP contribution is 2.29. The fourth-order valence-corrected chi connectivity index (χ4v) is 3.51. The van der Waals surface area contributed by atoms with Crippen LogP contribution in [0.5, 0.6) is 0 Å². The molecule has 1 amide bonds. The molecule has 0 radical (unpaired) electrons. The van der Waals surface area contributed by atoms with Gasteiger partial charge in [0.1, 0.15) is 0 Å². The number of carbonyl (C=O) groups is 2. The molecular weight excluding hydrogens is 330 g/mol. The first-order chi connectivity index (χ1) is 12.4. The fraction of sp³-hybridized carbons (Fsp3) is 0.450. The molecule has 1 aliphatic heterocycles. The van der Waals surface area contributed by atoms with Gasteiger partial charge in [-0.05, 0) is 23.8 Å². The molecule has 1 aliphatic rings. The molecule has 3 rings (SSSR count). The number of hydrogen-bond donors (Lipinski definition) is 1. The monoisotopic (exact) mass is 355 g/mol. The second-order valence-corrected chi connectivity index (χ2v) is 7.55. The minimum absolute atomic E-state index is 0.147. The van der Waals surface area contributed by atoms with E-state index < -0.39 is 5.97 Å². The number of nitrogens with zero attached hydrogens (tertiary/aromatic N) is 3. The van der Waals surface area contributed by atoms with Crippen molar-refractivity contribution >= 4 is 11.9 Å². The zero-order chi connectivity index (χ0) is 18.7. The van der Waals surface area contributed by atoms with E-state index in [0.717, 1.165) is 12.8 Å². The number of likely N-dealkylation sites (tertiary alicyclic amines) is 1. The van der Waals surface area contributed by atoms with Crippen LogP contribution < -0.4 is 0 Å². The Morgan fingerprint density at radius 1 is 1.19 bits per heavy atom. The van der Waals surface area contributed by atoms with Crippen molar-refractivity contribution in [3.05, 3.63) is 53.9 Å². The van der Waals surface area contributed by atoms with Crippen LogP contribution in [0.2, 0.25) is 0 Å². The first kappa shape index (κ1) is 18.2. The quantitative estimate of drug-likeness (QED) is 0.894. The summed E-state index contributed by atoms with van der Waals surface area (Å²) in [5.74, 6) is -0.795. The van der Waals surface area contributed by atoms with Gasteiger partial charge in [0.2, 0.25) is 5.91 Å². The van der Waals surface area contributed by atoms with E-state index in [1.54, 1.807) is 10.9 Å². The van der Waals surface area contributed by atoms with Crippen LogP contribution in [0.3, 0.4) is 0 Å². The lowest BCUT2D eigenvalue weighted by atomic mass is 9.81. The number of aromatic nitrogens is 2. The maximum atomic E-state index is 12.7.